The minimum Gasteiger partial charge on any atom is -0.493 e. The molecule has 6 heteroatoms. The third-order valence-corrected chi connectivity index (χ3v) is 3.98. The van der Waals surface area contributed by atoms with Crippen molar-refractivity contribution >= 4 is 28.3 Å². The van der Waals surface area contributed by atoms with E-state index < -0.39 is 0 Å². The number of nitrogens with zero attached hydrogens (tertiary/aromatic N) is 1. The number of halogens is 2. The van der Waals surface area contributed by atoms with Gasteiger partial charge < -0.3 is 20.1 Å². The Kier molecular flexibility index (Phi) is 8.63. The molecule has 1 aromatic rings. The van der Waals surface area contributed by atoms with Gasteiger partial charge in [-0.05, 0) is 36.7 Å². The van der Waals surface area contributed by atoms with Crippen molar-refractivity contribution in [2.75, 3.05) is 34.4 Å². The first kappa shape index (κ1) is 20.5. The van der Waals surface area contributed by atoms with E-state index in [4.69, 9.17) is 15.2 Å². The molecule has 0 aliphatic heterocycles. The van der Waals surface area contributed by atoms with Crippen LogP contribution in [0.4, 0.5) is 0 Å². The average Bonchev–Trinajstić information content (AvgIpc) is 2.39. The minimum atomic E-state index is 0. The summed E-state index contributed by atoms with van der Waals surface area (Å²) >= 11 is 3.59. The van der Waals surface area contributed by atoms with Crippen LogP contribution in [-0.4, -0.2) is 39.3 Å². The number of hydrogen-bond donors (Lipinski definition) is 1. The van der Waals surface area contributed by atoms with Gasteiger partial charge in [0.15, 0.2) is 11.5 Å². The third-order valence-electron chi connectivity index (χ3n) is 3.24. The van der Waals surface area contributed by atoms with Crippen molar-refractivity contribution in [3.05, 3.63) is 22.2 Å². The molecule has 4 nitrogen and oxygen atoms in total. The number of methoxy groups -OCH3 is 2. The smallest absolute Gasteiger partial charge is 0.161 e. The van der Waals surface area contributed by atoms with Gasteiger partial charge in [-0.25, -0.2) is 0 Å². The van der Waals surface area contributed by atoms with E-state index in [0.717, 1.165) is 34.6 Å². The zero-order chi connectivity index (χ0) is 15.3. The van der Waals surface area contributed by atoms with E-state index in [1.807, 2.05) is 12.1 Å². The standard InChI is InChI=1S/C15H25BrN2O2.ClH/c1-15(2,9-17)10-18(3)8-11-6-13(19-4)14(20-5)7-12(11)16;/h6-7H,8-10,17H2,1-5H3;1H. The molecule has 0 saturated carbocycles. The molecule has 122 valence electrons. The van der Waals surface area contributed by atoms with E-state index in [2.05, 4.69) is 41.7 Å². The lowest BCUT2D eigenvalue weighted by Crippen LogP contribution is -2.36. The summed E-state index contributed by atoms with van der Waals surface area (Å²) in [5, 5.41) is 0. The topological polar surface area (TPSA) is 47.7 Å². The van der Waals surface area contributed by atoms with Gasteiger partial charge in [-0.2, -0.15) is 0 Å². The molecular formula is C15H26BrClN2O2. The van der Waals surface area contributed by atoms with Crippen molar-refractivity contribution in [1.82, 2.24) is 4.90 Å². The highest BCUT2D eigenvalue weighted by Crippen LogP contribution is 2.34. The van der Waals surface area contributed by atoms with Crippen LogP contribution in [0.25, 0.3) is 0 Å². The fourth-order valence-corrected chi connectivity index (χ4v) is 2.61. The van der Waals surface area contributed by atoms with Crippen LogP contribution >= 0.6 is 28.3 Å². The molecule has 0 bridgehead atoms. The van der Waals surface area contributed by atoms with E-state index >= 15 is 0 Å². The predicted octanol–water partition coefficient (Wildman–Crippen LogP) is 3.30. The van der Waals surface area contributed by atoms with Gasteiger partial charge >= 0.3 is 0 Å². The number of hydrogen-bond acceptors (Lipinski definition) is 4. The van der Waals surface area contributed by atoms with Gasteiger partial charge in [-0.3, -0.25) is 0 Å². The first-order chi connectivity index (χ1) is 9.32. The number of nitrogens with two attached hydrogens (primary N) is 1. The molecule has 0 aromatic heterocycles. The van der Waals surface area contributed by atoms with Crippen molar-refractivity contribution < 1.29 is 9.47 Å². The summed E-state index contributed by atoms with van der Waals surface area (Å²) in [4.78, 5) is 2.26. The van der Waals surface area contributed by atoms with Crippen LogP contribution in [0, 0.1) is 5.41 Å². The Labute approximate surface area is 142 Å². The largest absolute Gasteiger partial charge is 0.493 e. The van der Waals surface area contributed by atoms with Crippen molar-refractivity contribution in [3.8, 4) is 11.5 Å². The molecule has 0 heterocycles. The van der Waals surface area contributed by atoms with Gasteiger partial charge in [0, 0.05) is 17.6 Å². The monoisotopic (exact) mass is 380 g/mol. The van der Waals surface area contributed by atoms with Crippen LogP contribution in [0.15, 0.2) is 16.6 Å². The fourth-order valence-electron chi connectivity index (χ4n) is 2.16. The molecule has 0 spiro atoms. The summed E-state index contributed by atoms with van der Waals surface area (Å²) in [6.07, 6.45) is 0. The Morgan fingerprint density at radius 2 is 1.71 bits per heavy atom. The highest BCUT2D eigenvalue weighted by molar-refractivity contribution is 9.10. The molecule has 0 aliphatic carbocycles. The summed E-state index contributed by atoms with van der Waals surface area (Å²) < 4.78 is 11.7. The molecular weight excluding hydrogens is 356 g/mol. The molecule has 1 rings (SSSR count). The maximum atomic E-state index is 5.79. The molecule has 0 amide bonds. The van der Waals surface area contributed by atoms with Crippen molar-refractivity contribution in [2.24, 2.45) is 11.1 Å². The van der Waals surface area contributed by atoms with E-state index in [9.17, 15) is 0 Å². The van der Waals surface area contributed by atoms with Crippen molar-refractivity contribution in [3.63, 3.8) is 0 Å². The van der Waals surface area contributed by atoms with E-state index in [-0.39, 0.29) is 17.8 Å². The first-order valence-electron chi connectivity index (χ1n) is 6.62. The summed E-state index contributed by atoms with van der Waals surface area (Å²) in [5.41, 5.74) is 7.06. The predicted molar refractivity (Wildman–Crippen MR) is 93.7 cm³/mol. The van der Waals surface area contributed by atoms with E-state index in [1.165, 1.54) is 0 Å². The fraction of sp³-hybridized carbons (Fsp3) is 0.600. The van der Waals surface area contributed by atoms with Gasteiger partial charge in [-0.1, -0.05) is 29.8 Å². The van der Waals surface area contributed by atoms with Gasteiger partial charge in [-0.15, -0.1) is 12.4 Å². The van der Waals surface area contributed by atoms with Crippen LogP contribution in [0.5, 0.6) is 11.5 Å². The van der Waals surface area contributed by atoms with Crippen LogP contribution < -0.4 is 15.2 Å². The molecule has 0 atom stereocenters. The molecule has 0 saturated heterocycles. The molecule has 2 N–H and O–H groups in total. The van der Waals surface area contributed by atoms with Crippen LogP contribution in [0.3, 0.4) is 0 Å². The Balaban J connectivity index is 0.00000400. The average molecular weight is 382 g/mol. The third kappa shape index (κ3) is 6.02. The number of benzene rings is 1. The maximum absolute atomic E-state index is 5.79. The lowest BCUT2D eigenvalue weighted by Gasteiger charge is -2.29. The second-order valence-electron chi connectivity index (χ2n) is 5.84. The molecule has 0 radical (unpaired) electrons. The molecule has 0 unspecified atom stereocenters. The Hall–Kier alpha value is -0.490. The van der Waals surface area contributed by atoms with Gasteiger partial charge in [0.25, 0.3) is 0 Å². The van der Waals surface area contributed by atoms with Gasteiger partial charge in [0.2, 0.25) is 0 Å². The minimum absolute atomic E-state index is 0. The second kappa shape index (κ2) is 8.83. The highest BCUT2D eigenvalue weighted by atomic mass is 79.9. The molecule has 21 heavy (non-hydrogen) atoms. The summed E-state index contributed by atoms with van der Waals surface area (Å²) in [7, 11) is 5.39. The lowest BCUT2D eigenvalue weighted by atomic mass is 9.93. The lowest BCUT2D eigenvalue weighted by molar-refractivity contribution is 0.209. The van der Waals surface area contributed by atoms with Crippen LogP contribution in [0.2, 0.25) is 0 Å². The summed E-state index contributed by atoms with van der Waals surface area (Å²) in [6, 6.07) is 3.95. The Morgan fingerprint density at radius 1 is 1.19 bits per heavy atom. The van der Waals surface area contributed by atoms with Gasteiger partial charge in [0.05, 0.1) is 14.2 Å². The van der Waals surface area contributed by atoms with Crippen molar-refractivity contribution in [2.45, 2.75) is 20.4 Å². The summed E-state index contributed by atoms with van der Waals surface area (Å²) in [6.45, 7) is 6.78. The summed E-state index contributed by atoms with van der Waals surface area (Å²) in [5.74, 6) is 1.48. The second-order valence-corrected chi connectivity index (χ2v) is 6.69. The maximum Gasteiger partial charge on any atom is 0.161 e. The first-order valence-corrected chi connectivity index (χ1v) is 7.41. The number of ether oxygens (including phenoxy) is 2. The van der Waals surface area contributed by atoms with Crippen LogP contribution in [0.1, 0.15) is 19.4 Å². The van der Waals surface area contributed by atoms with Gasteiger partial charge in [0.1, 0.15) is 0 Å². The van der Waals surface area contributed by atoms with E-state index in [1.54, 1.807) is 14.2 Å². The van der Waals surface area contributed by atoms with Crippen LogP contribution in [-0.2, 0) is 6.54 Å². The molecule has 0 aliphatic rings. The quantitative estimate of drug-likeness (QED) is 0.787. The Bertz CT molecular complexity index is 456. The Morgan fingerprint density at radius 3 is 2.19 bits per heavy atom. The zero-order valence-corrected chi connectivity index (χ0v) is 15.8. The zero-order valence-electron chi connectivity index (χ0n) is 13.4. The van der Waals surface area contributed by atoms with Crippen molar-refractivity contribution in [1.29, 1.82) is 0 Å². The molecule has 1 aromatic carbocycles. The normalized spacial score (nSPS) is 11.2. The number of rotatable bonds is 7. The SMILES string of the molecule is COc1cc(Br)c(CN(C)CC(C)(C)CN)cc1OC.Cl. The van der Waals surface area contributed by atoms with E-state index in [0.29, 0.717) is 6.54 Å². The highest BCUT2D eigenvalue weighted by Gasteiger charge is 2.19. The molecule has 0 fully saturated rings.